The third-order valence-corrected chi connectivity index (χ3v) is 2.22. The third-order valence-electron chi connectivity index (χ3n) is 1.61. The van der Waals surface area contributed by atoms with Gasteiger partial charge in [0.2, 0.25) is 0 Å². The molecule has 0 aliphatic carbocycles. The maximum absolute atomic E-state index is 12.8. The molecule has 0 radical (unpaired) electrons. The second-order valence-electron chi connectivity index (χ2n) is 2.67. The van der Waals surface area contributed by atoms with Crippen molar-refractivity contribution in [3.8, 4) is 0 Å². The van der Waals surface area contributed by atoms with Crippen molar-refractivity contribution in [3.05, 3.63) is 34.1 Å². The maximum Gasteiger partial charge on any atom is 0.251 e. The largest absolute Gasteiger partial charge is 0.351 e. The van der Waals surface area contributed by atoms with Crippen molar-refractivity contribution < 1.29 is 9.18 Å². The van der Waals surface area contributed by atoms with Gasteiger partial charge in [0.05, 0.1) is 4.47 Å². The van der Waals surface area contributed by atoms with Crippen LogP contribution in [-0.4, -0.2) is 19.0 Å². The SMILES string of the molecule is NCCNC(=O)c1ccc(F)c(Br)c1. The monoisotopic (exact) mass is 260 g/mol. The first-order chi connectivity index (χ1) is 6.65. The van der Waals surface area contributed by atoms with Crippen LogP contribution in [0.4, 0.5) is 4.39 Å². The quantitative estimate of drug-likeness (QED) is 0.861. The number of benzene rings is 1. The summed E-state index contributed by atoms with van der Waals surface area (Å²) < 4.78 is 13.1. The Balaban J connectivity index is 2.76. The van der Waals surface area contributed by atoms with Crippen molar-refractivity contribution >= 4 is 21.8 Å². The second-order valence-corrected chi connectivity index (χ2v) is 3.53. The summed E-state index contributed by atoms with van der Waals surface area (Å²) in [5.41, 5.74) is 5.63. The molecule has 3 N–H and O–H groups in total. The lowest BCUT2D eigenvalue weighted by Crippen LogP contribution is -2.28. The Bertz CT molecular complexity index is 344. The minimum atomic E-state index is -0.389. The van der Waals surface area contributed by atoms with Crippen LogP contribution in [0.3, 0.4) is 0 Å². The highest BCUT2D eigenvalue weighted by molar-refractivity contribution is 9.10. The van der Waals surface area contributed by atoms with E-state index in [9.17, 15) is 9.18 Å². The zero-order chi connectivity index (χ0) is 10.6. The van der Waals surface area contributed by atoms with Crippen LogP contribution in [-0.2, 0) is 0 Å². The van der Waals surface area contributed by atoms with Gasteiger partial charge in [-0.25, -0.2) is 4.39 Å². The minimum absolute atomic E-state index is 0.254. The molecule has 0 aliphatic rings. The molecule has 0 atom stereocenters. The first kappa shape index (κ1) is 11.1. The topological polar surface area (TPSA) is 55.1 Å². The van der Waals surface area contributed by atoms with Gasteiger partial charge in [-0.15, -0.1) is 0 Å². The molecule has 1 aromatic rings. The van der Waals surface area contributed by atoms with Crippen LogP contribution in [0.15, 0.2) is 22.7 Å². The van der Waals surface area contributed by atoms with Gasteiger partial charge in [-0.1, -0.05) is 0 Å². The molecule has 5 heteroatoms. The van der Waals surface area contributed by atoms with Gasteiger partial charge in [-0.2, -0.15) is 0 Å². The Morgan fingerprint density at radius 1 is 1.57 bits per heavy atom. The van der Waals surface area contributed by atoms with E-state index in [0.717, 1.165) is 0 Å². The molecule has 1 aromatic carbocycles. The Morgan fingerprint density at radius 3 is 2.86 bits per heavy atom. The third kappa shape index (κ3) is 2.78. The molecule has 0 heterocycles. The maximum atomic E-state index is 12.8. The molecular weight excluding hydrogens is 251 g/mol. The smallest absolute Gasteiger partial charge is 0.251 e. The highest BCUT2D eigenvalue weighted by Crippen LogP contribution is 2.16. The second kappa shape index (κ2) is 5.07. The first-order valence-electron chi connectivity index (χ1n) is 4.08. The number of amides is 1. The lowest BCUT2D eigenvalue weighted by Gasteiger charge is -2.03. The van der Waals surface area contributed by atoms with E-state index in [-0.39, 0.29) is 16.2 Å². The summed E-state index contributed by atoms with van der Waals surface area (Å²) >= 11 is 3.00. The van der Waals surface area contributed by atoms with Crippen LogP contribution in [0.1, 0.15) is 10.4 Å². The molecule has 14 heavy (non-hydrogen) atoms. The van der Waals surface area contributed by atoms with Gasteiger partial charge in [0.15, 0.2) is 0 Å². The van der Waals surface area contributed by atoms with Gasteiger partial charge < -0.3 is 11.1 Å². The highest BCUT2D eigenvalue weighted by atomic mass is 79.9. The van der Waals surface area contributed by atoms with Crippen molar-refractivity contribution in [2.75, 3.05) is 13.1 Å². The van der Waals surface area contributed by atoms with Gasteiger partial charge in [-0.05, 0) is 34.1 Å². The van der Waals surface area contributed by atoms with Crippen LogP contribution in [0.25, 0.3) is 0 Å². The average molecular weight is 261 g/mol. The van der Waals surface area contributed by atoms with Gasteiger partial charge in [0, 0.05) is 18.7 Å². The van der Waals surface area contributed by atoms with Crippen molar-refractivity contribution in [2.45, 2.75) is 0 Å². The summed E-state index contributed by atoms with van der Waals surface area (Å²) in [7, 11) is 0. The predicted octanol–water partition coefficient (Wildman–Crippen LogP) is 1.28. The number of nitrogens with two attached hydrogens (primary N) is 1. The van der Waals surface area contributed by atoms with E-state index in [4.69, 9.17) is 5.73 Å². The number of hydrogen-bond donors (Lipinski definition) is 2. The lowest BCUT2D eigenvalue weighted by atomic mass is 10.2. The van der Waals surface area contributed by atoms with Crippen molar-refractivity contribution in [2.24, 2.45) is 5.73 Å². The Kier molecular flexibility index (Phi) is 4.03. The Hall–Kier alpha value is -0.940. The van der Waals surface area contributed by atoms with Crippen molar-refractivity contribution in [1.82, 2.24) is 5.32 Å². The molecule has 0 saturated heterocycles. The fraction of sp³-hybridized carbons (Fsp3) is 0.222. The summed E-state index contributed by atoms with van der Waals surface area (Å²) in [6.07, 6.45) is 0. The molecule has 0 spiro atoms. The van der Waals surface area contributed by atoms with Gasteiger partial charge in [0.25, 0.3) is 5.91 Å². The Morgan fingerprint density at radius 2 is 2.29 bits per heavy atom. The van der Waals surface area contributed by atoms with E-state index >= 15 is 0 Å². The molecular formula is C9H10BrFN2O. The number of carbonyl (C=O) groups is 1. The first-order valence-corrected chi connectivity index (χ1v) is 4.87. The standard InChI is InChI=1S/C9H10BrFN2O/c10-7-5-6(1-2-8(7)11)9(14)13-4-3-12/h1-2,5H,3-4,12H2,(H,13,14). The van der Waals surface area contributed by atoms with E-state index in [2.05, 4.69) is 21.2 Å². The average Bonchev–Trinajstić information content (AvgIpc) is 2.18. The van der Waals surface area contributed by atoms with Gasteiger partial charge in [0.1, 0.15) is 5.82 Å². The van der Waals surface area contributed by atoms with E-state index in [0.29, 0.717) is 18.7 Å². The fourth-order valence-electron chi connectivity index (χ4n) is 0.925. The van der Waals surface area contributed by atoms with Gasteiger partial charge in [-0.3, -0.25) is 4.79 Å². The molecule has 0 aliphatic heterocycles. The highest BCUT2D eigenvalue weighted by Gasteiger charge is 2.06. The lowest BCUT2D eigenvalue weighted by molar-refractivity contribution is 0.0954. The molecule has 0 unspecified atom stereocenters. The summed E-state index contributed by atoms with van der Waals surface area (Å²) in [5.74, 6) is -0.642. The normalized spacial score (nSPS) is 9.93. The van der Waals surface area contributed by atoms with Crippen LogP contribution in [0, 0.1) is 5.82 Å². The van der Waals surface area contributed by atoms with Crippen LogP contribution in [0.5, 0.6) is 0 Å². The fourth-order valence-corrected chi connectivity index (χ4v) is 1.30. The molecule has 0 saturated carbocycles. The van der Waals surface area contributed by atoms with Crippen molar-refractivity contribution in [1.29, 1.82) is 0 Å². The summed E-state index contributed by atoms with van der Waals surface area (Å²) in [5, 5.41) is 2.59. The van der Waals surface area contributed by atoms with E-state index < -0.39 is 0 Å². The number of rotatable bonds is 3. The zero-order valence-electron chi connectivity index (χ0n) is 7.39. The van der Waals surface area contributed by atoms with Crippen molar-refractivity contribution in [3.63, 3.8) is 0 Å². The molecule has 0 bridgehead atoms. The molecule has 0 fully saturated rings. The van der Waals surface area contributed by atoms with Crippen LogP contribution < -0.4 is 11.1 Å². The van der Waals surface area contributed by atoms with E-state index in [1.54, 1.807) is 0 Å². The number of carbonyl (C=O) groups excluding carboxylic acids is 1. The summed E-state index contributed by atoms with van der Waals surface area (Å²) in [4.78, 5) is 11.4. The van der Waals surface area contributed by atoms with Crippen LogP contribution >= 0.6 is 15.9 Å². The zero-order valence-corrected chi connectivity index (χ0v) is 8.97. The van der Waals surface area contributed by atoms with Crippen LogP contribution in [0.2, 0.25) is 0 Å². The Labute approximate surface area is 89.6 Å². The van der Waals surface area contributed by atoms with E-state index in [1.807, 2.05) is 0 Å². The molecule has 3 nitrogen and oxygen atoms in total. The minimum Gasteiger partial charge on any atom is -0.351 e. The number of nitrogens with one attached hydrogen (secondary N) is 1. The number of halogens is 2. The number of hydrogen-bond acceptors (Lipinski definition) is 2. The molecule has 1 rings (SSSR count). The molecule has 1 amide bonds. The molecule has 0 aromatic heterocycles. The predicted molar refractivity (Wildman–Crippen MR) is 55.5 cm³/mol. The summed E-state index contributed by atoms with van der Waals surface area (Å²) in [6, 6.07) is 4.09. The molecule has 76 valence electrons. The van der Waals surface area contributed by atoms with Gasteiger partial charge >= 0.3 is 0 Å². The summed E-state index contributed by atoms with van der Waals surface area (Å²) in [6.45, 7) is 0.794. The van der Waals surface area contributed by atoms with E-state index in [1.165, 1.54) is 18.2 Å².